The first-order chi connectivity index (χ1) is 10.8. The van der Waals surface area contributed by atoms with E-state index < -0.39 is 0 Å². The Kier molecular flexibility index (Phi) is 2.30. The van der Waals surface area contributed by atoms with Gasteiger partial charge in [0.1, 0.15) is 11.6 Å². The van der Waals surface area contributed by atoms with Crippen molar-refractivity contribution in [3.05, 3.63) is 59.6 Å². The first-order valence-electron chi connectivity index (χ1n) is 7.74. The Morgan fingerprint density at radius 1 is 1.09 bits per heavy atom. The minimum absolute atomic E-state index is 0.116. The van der Waals surface area contributed by atoms with Crippen LogP contribution in [0.3, 0.4) is 0 Å². The molecule has 1 aromatic carbocycles. The van der Waals surface area contributed by atoms with E-state index in [0.29, 0.717) is 5.92 Å². The third kappa shape index (κ3) is 1.65. The molecule has 2 saturated carbocycles. The molecule has 2 aliphatic rings. The molecule has 0 spiro atoms. The van der Waals surface area contributed by atoms with Gasteiger partial charge in [0.2, 0.25) is 0 Å². The molecule has 0 radical (unpaired) electrons. The average molecular weight is 294 g/mol. The third-order valence-corrected chi connectivity index (χ3v) is 4.89. The summed E-state index contributed by atoms with van der Waals surface area (Å²) in [5.74, 6) is 1.30. The van der Waals surface area contributed by atoms with Crippen molar-refractivity contribution in [2.24, 2.45) is 0 Å². The monoisotopic (exact) mass is 294 g/mol. The molecule has 2 heterocycles. The summed E-state index contributed by atoms with van der Waals surface area (Å²) in [5, 5.41) is 8.88. The van der Waals surface area contributed by atoms with Gasteiger partial charge in [-0.05, 0) is 43.4 Å². The van der Waals surface area contributed by atoms with Gasteiger partial charge >= 0.3 is 0 Å². The normalized spacial score (nSPS) is 19.5. The Hall–Kier alpha value is -2.30. The van der Waals surface area contributed by atoms with E-state index in [1.54, 1.807) is 0 Å². The van der Waals surface area contributed by atoms with E-state index in [9.17, 15) is 4.39 Å². The molecule has 5 rings (SSSR count). The quantitative estimate of drug-likeness (QED) is 0.745. The van der Waals surface area contributed by atoms with Crippen molar-refractivity contribution in [2.75, 3.05) is 0 Å². The van der Waals surface area contributed by atoms with Gasteiger partial charge in [-0.3, -0.25) is 9.38 Å². The highest BCUT2D eigenvalue weighted by Gasteiger charge is 2.50. The van der Waals surface area contributed by atoms with Crippen LogP contribution in [0.15, 0.2) is 36.7 Å². The summed E-state index contributed by atoms with van der Waals surface area (Å²) < 4.78 is 15.3. The molecule has 0 atom stereocenters. The molecule has 22 heavy (non-hydrogen) atoms. The summed E-state index contributed by atoms with van der Waals surface area (Å²) in [7, 11) is 0. The molecule has 2 fully saturated rings. The predicted octanol–water partition coefficient (Wildman–Crippen LogP) is 3.22. The summed E-state index contributed by atoms with van der Waals surface area (Å²) >= 11 is 0. The van der Waals surface area contributed by atoms with Crippen LogP contribution in [0.4, 0.5) is 4.39 Å². The van der Waals surface area contributed by atoms with Crippen molar-refractivity contribution >= 4 is 5.65 Å². The molecule has 0 bridgehead atoms. The molecule has 3 aromatic rings. The Balaban J connectivity index is 1.67. The highest BCUT2D eigenvalue weighted by Crippen LogP contribution is 2.53. The fraction of sp³-hybridized carbons (Fsp3) is 0.353. The number of nitrogens with zero attached hydrogens (tertiary/aromatic N) is 4. The lowest BCUT2D eigenvalue weighted by molar-refractivity contribution is 0.625. The van der Waals surface area contributed by atoms with E-state index in [0.717, 1.165) is 35.6 Å². The standard InChI is InChI=1S/C17H15FN4/c18-13-5-3-12(4-6-13)17(7-8-17)16-21-20-15-14(11-1-2-11)19-9-10-22(15)16/h3-6,9-11H,1-2,7-8H2. The number of hydrogen-bond donors (Lipinski definition) is 0. The molecule has 0 N–H and O–H groups in total. The van der Waals surface area contributed by atoms with Crippen LogP contribution in [-0.4, -0.2) is 19.6 Å². The molecule has 2 aliphatic carbocycles. The van der Waals surface area contributed by atoms with Crippen molar-refractivity contribution in [3.63, 3.8) is 0 Å². The van der Waals surface area contributed by atoms with Crippen LogP contribution in [0.25, 0.3) is 5.65 Å². The maximum atomic E-state index is 13.2. The second-order valence-corrected chi connectivity index (χ2v) is 6.39. The molecule has 0 saturated heterocycles. The van der Waals surface area contributed by atoms with E-state index >= 15 is 0 Å². The van der Waals surface area contributed by atoms with Crippen LogP contribution in [0, 0.1) is 5.82 Å². The summed E-state index contributed by atoms with van der Waals surface area (Å²) in [4.78, 5) is 4.50. The second-order valence-electron chi connectivity index (χ2n) is 6.39. The van der Waals surface area contributed by atoms with Crippen molar-refractivity contribution in [2.45, 2.75) is 37.0 Å². The van der Waals surface area contributed by atoms with E-state index in [4.69, 9.17) is 0 Å². The maximum absolute atomic E-state index is 13.2. The van der Waals surface area contributed by atoms with E-state index in [2.05, 4.69) is 19.6 Å². The zero-order valence-corrected chi connectivity index (χ0v) is 12.0. The molecular weight excluding hydrogens is 279 g/mol. The molecule has 110 valence electrons. The minimum atomic E-state index is -0.203. The fourth-order valence-electron chi connectivity index (χ4n) is 3.35. The van der Waals surface area contributed by atoms with Crippen LogP contribution in [-0.2, 0) is 5.41 Å². The number of benzene rings is 1. The third-order valence-electron chi connectivity index (χ3n) is 4.89. The topological polar surface area (TPSA) is 43.1 Å². The van der Waals surface area contributed by atoms with E-state index in [-0.39, 0.29) is 11.2 Å². The van der Waals surface area contributed by atoms with Crippen molar-refractivity contribution < 1.29 is 4.39 Å². The van der Waals surface area contributed by atoms with Gasteiger partial charge in [-0.25, -0.2) is 4.39 Å². The predicted molar refractivity (Wildman–Crippen MR) is 79.2 cm³/mol. The molecule has 4 nitrogen and oxygen atoms in total. The van der Waals surface area contributed by atoms with Gasteiger partial charge < -0.3 is 0 Å². The smallest absolute Gasteiger partial charge is 0.182 e. The molecule has 0 unspecified atom stereocenters. The Morgan fingerprint density at radius 3 is 2.55 bits per heavy atom. The van der Waals surface area contributed by atoms with E-state index in [1.807, 2.05) is 24.5 Å². The average Bonchev–Trinajstić information content (AvgIpc) is 3.46. The van der Waals surface area contributed by atoms with Crippen LogP contribution in [0.2, 0.25) is 0 Å². The molecular formula is C17H15FN4. The Morgan fingerprint density at radius 2 is 1.86 bits per heavy atom. The highest BCUT2D eigenvalue weighted by molar-refractivity contribution is 5.50. The highest BCUT2D eigenvalue weighted by atomic mass is 19.1. The summed E-state index contributed by atoms with van der Waals surface area (Å²) in [6, 6.07) is 6.78. The minimum Gasteiger partial charge on any atom is -0.283 e. The fourth-order valence-corrected chi connectivity index (χ4v) is 3.35. The lowest BCUT2D eigenvalue weighted by Crippen LogP contribution is -2.13. The zero-order chi connectivity index (χ0) is 14.7. The van der Waals surface area contributed by atoms with Crippen LogP contribution < -0.4 is 0 Å². The summed E-state index contributed by atoms with van der Waals surface area (Å²) in [6.07, 6.45) is 8.23. The van der Waals surface area contributed by atoms with E-state index in [1.165, 1.54) is 25.0 Å². The lowest BCUT2D eigenvalue weighted by atomic mass is 9.95. The molecule has 0 amide bonds. The molecule has 5 heteroatoms. The van der Waals surface area contributed by atoms with Crippen LogP contribution >= 0.6 is 0 Å². The summed E-state index contributed by atoms with van der Waals surface area (Å²) in [5.41, 5.74) is 2.95. The van der Waals surface area contributed by atoms with Gasteiger partial charge in [0.05, 0.1) is 11.1 Å². The van der Waals surface area contributed by atoms with Gasteiger partial charge in [0.25, 0.3) is 0 Å². The second kappa shape index (κ2) is 4.12. The first-order valence-corrected chi connectivity index (χ1v) is 7.74. The number of fused-ring (bicyclic) bond motifs is 1. The van der Waals surface area contributed by atoms with Crippen LogP contribution in [0.5, 0.6) is 0 Å². The maximum Gasteiger partial charge on any atom is 0.182 e. The molecule has 0 aliphatic heterocycles. The van der Waals surface area contributed by atoms with Gasteiger partial charge in [0, 0.05) is 18.3 Å². The van der Waals surface area contributed by atoms with Gasteiger partial charge in [0.15, 0.2) is 5.65 Å². The van der Waals surface area contributed by atoms with Gasteiger partial charge in [-0.1, -0.05) is 12.1 Å². The summed E-state index contributed by atoms with van der Waals surface area (Å²) in [6.45, 7) is 0. The Labute approximate surface area is 127 Å². The number of rotatable bonds is 3. The van der Waals surface area contributed by atoms with Gasteiger partial charge in [-0.15, -0.1) is 10.2 Å². The SMILES string of the molecule is Fc1ccc(C2(c3nnc4c(C5CC5)nccn34)CC2)cc1. The van der Waals surface area contributed by atoms with Crippen molar-refractivity contribution in [1.29, 1.82) is 0 Å². The Bertz CT molecular complexity index is 860. The number of halogens is 1. The molecule has 2 aromatic heterocycles. The van der Waals surface area contributed by atoms with Crippen molar-refractivity contribution in [3.8, 4) is 0 Å². The lowest BCUT2D eigenvalue weighted by Gasteiger charge is -2.14. The zero-order valence-electron chi connectivity index (χ0n) is 12.0. The first kappa shape index (κ1) is 12.3. The number of aromatic nitrogens is 4. The van der Waals surface area contributed by atoms with Crippen molar-refractivity contribution in [1.82, 2.24) is 19.6 Å². The van der Waals surface area contributed by atoms with Crippen LogP contribution in [0.1, 0.15) is 48.7 Å². The van der Waals surface area contributed by atoms with Gasteiger partial charge in [-0.2, -0.15) is 0 Å². The largest absolute Gasteiger partial charge is 0.283 e. The number of hydrogen-bond acceptors (Lipinski definition) is 3.